The summed E-state index contributed by atoms with van der Waals surface area (Å²) in [6.07, 6.45) is 2.95. The summed E-state index contributed by atoms with van der Waals surface area (Å²) in [5, 5.41) is 8.56. The van der Waals surface area contributed by atoms with E-state index in [9.17, 15) is 9.59 Å². The number of rotatable bonds is 5. The molecule has 0 aliphatic rings. The van der Waals surface area contributed by atoms with Crippen LogP contribution in [0.4, 0.5) is 0 Å². The number of carbonyl (C=O) groups is 2. The molecule has 0 atom stereocenters. The van der Waals surface area contributed by atoms with Crippen LogP contribution in [0.1, 0.15) is 16.1 Å². The van der Waals surface area contributed by atoms with Crippen LogP contribution in [0.3, 0.4) is 0 Å². The van der Waals surface area contributed by atoms with Crippen LogP contribution in [-0.2, 0) is 4.79 Å². The second kappa shape index (κ2) is 7.23. The van der Waals surface area contributed by atoms with Gasteiger partial charge in [-0.05, 0) is 34.5 Å². The number of hydrogen-bond acceptors (Lipinski definition) is 4. The Morgan fingerprint density at radius 2 is 1.88 bits per heavy atom. The van der Waals surface area contributed by atoms with Gasteiger partial charge >= 0.3 is 0 Å². The van der Waals surface area contributed by atoms with E-state index in [-0.39, 0.29) is 12.3 Å². The first-order valence-electron chi connectivity index (χ1n) is 7.35. The average Bonchev–Trinajstić information content (AvgIpc) is 3.14. The highest BCUT2D eigenvalue weighted by molar-refractivity contribution is 5.94. The molecule has 0 unspecified atom stereocenters. The van der Waals surface area contributed by atoms with Crippen molar-refractivity contribution in [3.8, 4) is 0 Å². The first-order chi connectivity index (χ1) is 11.7. The molecule has 0 saturated carbocycles. The zero-order chi connectivity index (χ0) is 16.8. The maximum atomic E-state index is 11.6. The number of hydrogen-bond donors (Lipinski definition) is 2. The number of nitrogens with one attached hydrogen (secondary N) is 2. The molecule has 0 aliphatic heterocycles. The van der Waals surface area contributed by atoms with Gasteiger partial charge in [-0.25, -0.2) is 5.43 Å². The Hall–Kier alpha value is -3.41. The quantitative estimate of drug-likeness (QED) is 0.559. The molecule has 0 bridgehead atoms. The van der Waals surface area contributed by atoms with Crippen LogP contribution in [0.25, 0.3) is 10.8 Å². The van der Waals surface area contributed by atoms with Crippen LogP contribution in [0.15, 0.2) is 70.4 Å². The largest absolute Gasteiger partial charge is 0.459 e. The van der Waals surface area contributed by atoms with Gasteiger partial charge in [0.1, 0.15) is 0 Å². The smallest absolute Gasteiger partial charge is 0.287 e. The molecule has 0 spiro atoms. The standard InChI is InChI=1S/C18H15N3O3/c22-17(12-19-18(23)16-6-3-9-24-16)21-20-11-13-7-8-14-4-1-2-5-15(14)10-13/h1-11H,12H2,(H,19,23)(H,21,22). The molecule has 120 valence electrons. The van der Waals surface area contributed by atoms with Crippen molar-refractivity contribution in [1.29, 1.82) is 0 Å². The second-order valence-corrected chi connectivity index (χ2v) is 5.06. The molecule has 2 N–H and O–H groups in total. The van der Waals surface area contributed by atoms with Gasteiger partial charge in [0.05, 0.1) is 19.0 Å². The minimum absolute atomic E-state index is 0.155. The normalized spacial score (nSPS) is 10.8. The average molecular weight is 321 g/mol. The Bertz CT molecular complexity index is 885. The van der Waals surface area contributed by atoms with Crippen molar-refractivity contribution in [2.75, 3.05) is 6.54 Å². The summed E-state index contributed by atoms with van der Waals surface area (Å²) < 4.78 is 4.93. The van der Waals surface area contributed by atoms with Crippen molar-refractivity contribution in [3.63, 3.8) is 0 Å². The summed E-state index contributed by atoms with van der Waals surface area (Å²) in [4.78, 5) is 23.3. The first-order valence-corrected chi connectivity index (χ1v) is 7.35. The van der Waals surface area contributed by atoms with E-state index in [4.69, 9.17) is 4.42 Å². The fourth-order valence-electron chi connectivity index (χ4n) is 2.16. The summed E-state index contributed by atoms with van der Waals surface area (Å²) in [6.45, 7) is -0.186. The Morgan fingerprint density at radius 3 is 2.67 bits per heavy atom. The van der Waals surface area contributed by atoms with E-state index in [1.807, 2.05) is 42.5 Å². The Balaban J connectivity index is 1.51. The number of furan rings is 1. The van der Waals surface area contributed by atoms with Crippen LogP contribution in [0.5, 0.6) is 0 Å². The Kier molecular flexibility index (Phi) is 4.67. The van der Waals surface area contributed by atoms with E-state index in [1.54, 1.807) is 12.3 Å². The first kappa shape index (κ1) is 15.5. The molecule has 0 aliphatic carbocycles. The summed E-state index contributed by atoms with van der Waals surface area (Å²) in [7, 11) is 0. The molecular weight excluding hydrogens is 306 g/mol. The lowest BCUT2D eigenvalue weighted by atomic mass is 10.1. The fraction of sp³-hybridized carbons (Fsp3) is 0.0556. The summed E-state index contributed by atoms with van der Waals surface area (Å²) in [5.74, 6) is -0.719. The highest BCUT2D eigenvalue weighted by atomic mass is 16.3. The van der Waals surface area contributed by atoms with Gasteiger partial charge in [0, 0.05) is 0 Å². The minimum Gasteiger partial charge on any atom is -0.459 e. The monoisotopic (exact) mass is 321 g/mol. The summed E-state index contributed by atoms with van der Waals surface area (Å²) >= 11 is 0. The van der Waals surface area contributed by atoms with Crippen LogP contribution in [0, 0.1) is 0 Å². The molecule has 3 rings (SSSR count). The van der Waals surface area contributed by atoms with Gasteiger partial charge in [-0.3, -0.25) is 9.59 Å². The molecule has 6 heteroatoms. The van der Waals surface area contributed by atoms with Gasteiger partial charge in [0.25, 0.3) is 11.8 Å². The van der Waals surface area contributed by atoms with Crippen molar-refractivity contribution >= 4 is 28.8 Å². The number of fused-ring (bicyclic) bond motifs is 1. The van der Waals surface area contributed by atoms with Gasteiger partial charge in [0.15, 0.2) is 5.76 Å². The Labute approximate surface area is 138 Å². The van der Waals surface area contributed by atoms with Gasteiger partial charge in [0.2, 0.25) is 0 Å². The molecule has 6 nitrogen and oxygen atoms in total. The van der Waals surface area contributed by atoms with Gasteiger partial charge in [-0.15, -0.1) is 0 Å². The van der Waals surface area contributed by atoms with Crippen molar-refractivity contribution in [2.24, 2.45) is 5.10 Å². The van der Waals surface area contributed by atoms with Gasteiger partial charge in [-0.2, -0.15) is 5.10 Å². The molecule has 0 fully saturated rings. The fourth-order valence-corrected chi connectivity index (χ4v) is 2.16. The highest BCUT2D eigenvalue weighted by Gasteiger charge is 2.09. The number of benzene rings is 2. The molecule has 1 aromatic heterocycles. The summed E-state index contributed by atoms with van der Waals surface area (Å²) in [5.41, 5.74) is 3.23. The maximum Gasteiger partial charge on any atom is 0.287 e. The lowest BCUT2D eigenvalue weighted by molar-refractivity contribution is -0.120. The molecular formula is C18H15N3O3. The lowest BCUT2D eigenvalue weighted by Gasteiger charge is -2.02. The molecule has 0 saturated heterocycles. The predicted molar refractivity (Wildman–Crippen MR) is 90.7 cm³/mol. The number of amides is 2. The zero-order valence-corrected chi connectivity index (χ0v) is 12.7. The molecule has 2 amide bonds. The van der Waals surface area contributed by atoms with E-state index < -0.39 is 11.8 Å². The number of hydrazone groups is 1. The minimum atomic E-state index is -0.450. The van der Waals surface area contributed by atoms with E-state index in [0.29, 0.717) is 0 Å². The highest BCUT2D eigenvalue weighted by Crippen LogP contribution is 2.14. The second-order valence-electron chi connectivity index (χ2n) is 5.06. The molecule has 0 radical (unpaired) electrons. The number of nitrogens with zero attached hydrogens (tertiary/aromatic N) is 1. The zero-order valence-electron chi connectivity index (χ0n) is 12.7. The van der Waals surface area contributed by atoms with Crippen LogP contribution < -0.4 is 10.7 Å². The third kappa shape index (κ3) is 3.86. The molecule has 24 heavy (non-hydrogen) atoms. The maximum absolute atomic E-state index is 11.6. The van der Waals surface area contributed by atoms with Crippen LogP contribution >= 0.6 is 0 Å². The number of carbonyl (C=O) groups excluding carboxylic acids is 2. The SMILES string of the molecule is O=C(CNC(=O)c1ccco1)NN=Cc1ccc2ccccc2c1. The van der Waals surface area contributed by atoms with Crippen molar-refractivity contribution in [1.82, 2.24) is 10.7 Å². The van der Waals surface area contributed by atoms with Gasteiger partial charge < -0.3 is 9.73 Å². The third-order valence-corrected chi connectivity index (χ3v) is 3.33. The predicted octanol–water partition coefficient (Wildman–Crippen LogP) is 2.31. The van der Waals surface area contributed by atoms with E-state index in [1.165, 1.54) is 12.3 Å². The topological polar surface area (TPSA) is 83.7 Å². The van der Waals surface area contributed by atoms with Crippen LogP contribution in [-0.4, -0.2) is 24.6 Å². The van der Waals surface area contributed by atoms with E-state index in [2.05, 4.69) is 15.8 Å². The molecule has 1 heterocycles. The molecule has 2 aromatic carbocycles. The third-order valence-electron chi connectivity index (χ3n) is 3.33. The summed E-state index contributed by atoms with van der Waals surface area (Å²) in [6, 6.07) is 17.0. The van der Waals surface area contributed by atoms with Crippen molar-refractivity contribution in [2.45, 2.75) is 0 Å². The lowest BCUT2D eigenvalue weighted by Crippen LogP contribution is -2.34. The van der Waals surface area contributed by atoms with Crippen LogP contribution in [0.2, 0.25) is 0 Å². The molecule has 3 aromatic rings. The Morgan fingerprint density at radius 1 is 1.04 bits per heavy atom. The van der Waals surface area contributed by atoms with Gasteiger partial charge in [-0.1, -0.05) is 36.4 Å². The van der Waals surface area contributed by atoms with E-state index >= 15 is 0 Å². The van der Waals surface area contributed by atoms with E-state index in [0.717, 1.165) is 16.3 Å². The van der Waals surface area contributed by atoms with Crippen molar-refractivity contribution < 1.29 is 14.0 Å². The van der Waals surface area contributed by atoms with Crippen molar-refractivity contribution in [3.05, 3.63) is 72.2 Å².